The van der Waals surface area contributed by atoms with Crippen molar-refractivity contribution in [3.05, 3.63) is 28.8 Å². The minimum Gasteiger partial charge on any atom is -0.508 e. The molecule has 0 amide bonds. The molecule has 1 N–H and O–H groups in total. The smallest absolute Gasteiger partial charge is 0.160 e. The molecule has 0 spiro atoms. The minimum atomic E-state index is 0.0663. The highest BCUT2D eigenvalue weighted by molar-refractivity contribution is 5.96. The summed E-state index contributed by atoms with van der Waals surface area (Å²) in [5.41, 5.74) is 2.63. The molecular formula is C12H16O2. The summed E-state index contributed by atoms with van der Waals surface area (Å²) in [6, 6.07) is 3.31. The number of benzene rings is 1. The van der Waals surface area contributed by atoms with E-state index in [9.17, 15) is 9.90 Å². The zero-order valence-electron chi connectivity index (χ0n) is 8.92. The maximum Gasteiger partial charge on any atom is 0.160 e. The Hall–Kier alpha value is -1.31. The SMILES string of the molecule is CCc1c(O)ccc(C(C)=O)c1CC. The van der Waals surface area contributed by atoms with Crippen LogP contribution in [0.4, 0.5) is 0 Å². The topological polar surface area (TPSA) is 37.3 Å². The fourth-order valence-corrected chi connectivity index (χ4v) is 1.81. The minimum absolute atomic E-state index is 0.0663. The Morgan fingerprint density at radius 1 is 1.21 bits per heavy atom. The Morgan fingerprint density at radius 3 is 2.21 bits per heavy atom. The Balaban J connectivity index is 3.40. The van der Waals surface area contributed by atoms with Gasteiger partial charge in [-0.1, -0.05) is 13.8 Å². The van der Waals surface area contributed by atoms with Crippen LogP contribution >= 0.6 is 0 Å². The van der Waals surface area contributed by atoms with Crippen molar-refractivity contribution in [2.75, 3.05) is 0 Å². The van der Waals surface area contributed by atoms with E-state index in [-0.39, 0.29) is 5.78 Å². The van der Waals surface area contributed by atoms with E-state index in [1.165, 1.54) is 0 Å². The van der Waals surface area contributed by atoms with Crippen molar-refractivity contribution >= 4 is 5.78 Å². The first-order valence-electron chi connectivity index (χ1n) is 4.96. The molecular weight excluding hydrogens is 176 g/mol. The zero-order valence-corrected chi connectivity index (χ0v) is 8.92. The van der Waals surface area contributed by atoms with Crippen LogP contribution in [0.1, 0.15) is 42.3 Å². The number of rotatable bonds is 3. The number of Topliss-reactive ketones (excluding diaryl/α,β-unsaturated/α-hetero) is 1. The number of hydrogen-bond acceptors (Lipinski definition) is 2. The van der Waals surface area contributed by atoms with Gasteiger partial charge in [-0.15, -0.1) is 0 Å². The summed E-state index contributed by atoms with van der Waals surface area (Å²) in [5, 5.41) is 9.62. The van der Waals surface area contributed by atoms with Gasteiger partial charge in [0.05, 0.1) is 0 Å². The molecule has 1 rings (SSSR count). The van der Waals surface area contributed by atoms with E-state index in [2.05, 4.69) is 0 Å². The molecule has 0 fully saturated rings. The maximum absolute atomic E-state index is 11.3. The average molecular weight is 192 g/mol. The van der Waals surface area contributed by atoms with E-state index in [4.69, 9.17) is 0 Å². The summed E-state index contributed by atoms with van der Waals surface area (Å²) >= 11 is 0. The first-order chi connectivity index (χ1) is 6.61. The van der Waals surface area contributed by atoms with E-state index in [0.717, 1.165) is 29.5 Å². The quantitative estimate of drug-likeness (QED) is 0.748. The molecule has 0 aliphatic heterocycles. The Morgan fingerprint density at radius 2 is 1.79 bits per heavy atom. The van der Waals surface area contributed by atoms with Gasteiger partial charge in [0, 0.05) is 5.56 Å². The summed E-state index contributed by atoms with van der Waals surface area (Å²) in [4.78, 5) is 11.3. The first kappa shape index (κ1) is 10.8. The second kappa shape index (κ2) is 4.27. The number of aromatic hydroxyl groups is 1. The molecule has 0 aliphatic rings. The molecule has 0 heterocycles. The lowest BCUT2D eigenvalue weighted by molar-refractivity contribution is 0.101. The lowest BCUT2D eigenvalue weighted by atomic mass is 9.94. The van der Waals surface area contributed by atoms with Crippen molar-refractivity contribution in [2.45, 2.75) is 33.6 Å². The predicted molar refractivity (Wildman–Crippen MR) is 56.9 cm³/mol. The molecule has 0 radical (unpaired) electrons. The second-order valence-corrected chi connectivity index (χ2v) is 3.35. The summed E-state index contributed by atoms with van der Waals surface area (Å²) < 4.78 is 0. The number of hydrogen-bond donors (Lipinski definition) is 1. The van der Waals surface area contributed by atoms with Gasteiger partial charge in [0.25, 0.3) is 0 Å². The maximum atomic E-state index is 11.3. The average Bonchev–Trinajstić information content (AvgIpc) is 2.16. The van der Waals surface area contributed by atoms with Gasteiger partial charge < -0.3 is 5.11 Å². The summed E-state index contributed by atoms with van der Waals surface area (Å²) in [6.45, 7) is 5.55. The molecule has 1 aromatic rings. The predicted octanol–water partition coefficient (Wildman–Crippen LogP) is 2.72. The molecule has 0 atom stereocenters. The van der Waals surface area contributed by atoms with Gasteiger partial charge in [-0.3, -0.25) is 4.79 Å². The van der Waals surface area contributed by atoms with Crippen LogP contribution in [0.3, 0.4) is 0 Å². The number of phenolic OH excluding ortho intramolecular Hbond substituents is 1. The highest BCUT2D eigenvalue weighted by Crippen LogP contribution is 2.25. The second-order valence-electron chi connectivity index (χ2n) is 3.35. The van der Waals surface area contributed by atoms with Gasteiger partial charge in [0.1, 0.15) is 5.75 Å². The first-order valence-corrected chi connectivity index (χ1v) is 4.96. The number of carbonyl (C=O) groups is 1. The van der Waals surface area contributed by atoms with Crippen LogP contribution in [-0.2, 0) is 12.8 Å². The van der Waals surface area contributed by atoms with Gasteiger partial charge in [-0.2, -0.15) is 0 Å². The molecule has 2 nitrogen and oxygen atoms in total. The van der Waals surface area contributed by atoms with Crippen molar-refractivity contribution in [3.63, 3.8) is 0 Å². The molecule has 0 aliphatic carbocycles. The molecule has 1 aromatic carbocycles. The highest BCUT2D eigenvalue weighted by Gasteiger charge is 2.12. The van der Waals surface area contributed by atoms with Gasteiger partial charge in [0.15, 0.2) is 5.78 Å². The van der Waals surface area contributed by atoms with Crippen molar-refractivity contribution in [2.24, 2.45) is 0 Å². The summed E-state index contributed by atoms with van der Waals surface area (Å²) in [7, 11) is 0. The molecule has 0 aromatic heterocycles. The summed E-state index contributed by atoms with van der Waals surface area (Å²) in [5.74, 6) is 0.367. The fourth-order valence-electron chi connectivity index (χ4n) is 1.81. The van der Waals surface area contributed by atoms with Gasteiger partial charge in [-0.05, 0) is 43.0 Å². The zero-order chi connectivity index (χ0) is 10.7. The molecule has 0 bridgehead atoms. The van der Waals surface area contributed by atoms with Crippen LogP contribution in [0.15, 0.2) is 12.1 Å². The van der Waals surface area contributed by atoms with E-state index in [1.807, 2.05) is 13.8 Å². The third-order valence-electron chi connectivity index (χ3n) is 2.49. The van der Waals surface area contributed by atoms with E-state index in [0.29, 0.717) is 5.75 Å². The largest absolute Gasteiger partial charge is 0.508 e. The van der Waals surface area contributed by atoms with Gasteiger partial charge in [0.2, 0.25) is 0 Å². The van der Waals surface area contributed by atoms with Crippen LogP contribution in [0.5, 0.6) is 5.75 Å². The molecule has 76 valence electrons. The standard InChI is InChI=1S/C12H16O2/c1-4-9-10(5-2)12(14)7-6-11(9)8(3)13/h6-7,14H,4-5H2,1-3H3. The normalized spacial score (nSPS) is 10.2. The third kappa shape index (κ3) is 1.79. The fraction of sp³-hybridized carbons (Fsp3) is 0.417. The number of phenols is 1. The van der Waals surface area contributed by atoms with Crippen LogP contribution in [0.25, 0.3) is 0 Å². The van der Waals surface area contributed by atoms with Crippen molar-refractivity contribution in [1.82, 2.24) is 0 Å². The molecule has 14 heavy (non-hydrogen) atoms. The molecule has 0 unspecified atom stereocenters. The van der Waals surface area contributed by atoms with Gasteiger partial charge >= 0.3 is 0 Å². The van der Waals surface area contributed by atoms with Crippen molar-refractivity contribution in [1.29, 1.82) is 0 Å². The van der Waals surface area contributed by atoms with Crippen LogP contribution in [0.2, 0.25) is 0 Å². The van der Waals surface area contributed by atoms with E-state index >= 15 is 0 Å². The lowest BCUT2D eigenvalue weighted by Gasteiger charge is -2.11. The van der Waals surface area contributed by atoms with Gasteiger partial charge in [-0.25, -0.2) is 0 Å². The van der Waals surface area contributed by atoms with E-state index in [1.54, 1.807) is 19.1 Å². The third-order valence-corrected chi connectivity index (χ3v) is 2.49. The van der Waals surface area contributed by atoms with Crippen molar-refractivity contribution < 1.29 is 9.90 Å². The molecule has 0 saturated heterocycles. The van der Waals surface area contributed by atoms with Crippen LogP contribution in [-0.4, -0.2) is 10.9 Å². The monoisotopic (exact) mass is 192 g/mol. The highest BCUT2D eigenvalue weighted by atomic mass is 16.3. The Labute approximate surface area is 84.6 Å². The van der Waals surface area contributed by atoms with Crippen LogP contribution in [0, 0.1) is 0 Å². The number of carbonyl (C=O) groups excluding carboxylic acids is 1. The number of ketones is 1. The van der Waals surface area contributed by atoms with Crippen molar-refractivity contribution in [3.8, 4) is 5.75 Å². The molecule has 2 heteroatoms. The molecule has 0 saturated carbocycles. The van der Waals surface area contributed by atoms with Crippen LogP contribution < -0.4 is 0 Å². The summed E-state index contributed by atoms with van der Waals surface area (Å²) in [6.07, 6.45) is 1.54. The van der Waals surface area contributed by atoms with E-state index < -0.39 is 0 Å². The Bertz CT molecular complexity index is 354. The lowest BCUT2D eigenvalue weighted by Crippen LogP contribution is -2.02. The Kier molecular flexibility index (Phi) is 3.28.